The maximum atomic E-state index is 9.09. The Hall–Kier alpha value is -1.11. The largest absolute Gasteiger partial charge is 0.393 e. The number of hydrogen-bond acceptors (Lipinski definition) is 3. The van der Waals surface area contributed by atoms with Crippen LogP contribution in [0.5, 0.6) is 0 Å². The molecule has 1 aromatic heterocycles. The monoisotopic (exact) mass is 178 g/mol. The Balaban J connectivity index is 2.41. The van der Waals surface area contributed by atoms with E-state index in [1.165, 1.54) is 0 Å². The SMILES string of the molecule is C[C@@H](O)C[C@@H](N)Cc1cc#ccn1. The average molecular weight is 178 g/mol. The molecule has 0 aliphatic carbocycles. The summed E-state index contributed by atoms with van der Waals surface area (Å²) in [5, 5.41) is 9.09. The Morgan fingerprint density at radius 1 is 1.62 bits per heavy atom. The molecule has 3 nitrogen and oxygen atoms in total. The van der Waals surface area contributed by atoms with Crippen LogP contribution >= 0.6 is 0 Å². The topological polar surface area (TPSA) is 59.1 Å². The summed E-state index contributed by atoms with van der Waals surface area (Å²) in [6.07, 6.45) is 2.50. The first-order chi connectivity index (χ1) is 6.18. The molecule has 1 aromatic rings. The van der Waals surface area contributed by atoms with E-state index in [-0.39, 0.29) is 12.1 Å². The van der Waals surface area contributed by atoms with E-state index in [0.717, 1.165) is 5.69 Å². The number of aliphatic hydroxyl groups excluding tert-OH is 1. The molecule has 0 bridgehead atoms. The predicted octanol–water partition coefficient (Wildman–Crippen LogP) is 0.323. The van der Waals surface area contributed by atoms with Gasteiger partial charge in [0.05, 0.1) is 18.0 Å². The maximum Gasteiger partial charge on any atom is 0.0773 e. The first kappa shape index (κ1) is 9.97. The molecule has 0 amide bonds. The zero-order valence-corrected chi connectivity index (χ0v) is 7.70. The normalized spacial score (nSPS) is 14.7. The van der Waals surface area contributed by atoms with E-state index in [2.05, 4.69) is 17.1 Å². The minimum absolute atomic E-state index is 0.0386. The van der Waals surface area contributed by atoms with E-state index in [4.69, 9.17) is 10.8 Å². The van der Waals surface area contributed by atoms with Crippen LogP contribution in [0.25, 0.3) is 0 Å². The zero-order valence-electron chi connectivity index (χ0n) is 7.70. The highest BCUT2D eigenvalue weighted by Crippen LogP contribution is 2.01. The summed E-state index contributed by atoms with van der Waals surface area (Å²) >= 11 is 0. The summed E-state index contributed by atoms with van der Waals surface area (Å²) in [4.78, 5) is 4.08. The number of hydrogen-bond donors (Lipinski definition) is 2. The van der Waals surface area contributed by atoms with Crippen LogP contribution in [-0.4, -0.2) is 22.2 Å². The van der Waals surface area contributed by atoms with Crippen molar-refractivity contribution >= 4 is 0 Å². The van der Waals surface area contributed by atoms with Gasteiger partial charge in [-0.25, -0.2) is 0 Å². The molecule has 0 saturated carbocycles. The fourth-order valence-corrected chi connectivity index (χ4v) is 1.22. The molecule has 1 heterocycles. The van der Waals surface area contributed by atoms with Gasteiger partial charge in [-0.05, 0) is 13.3 Å². The number of nitrogens with two attached hydrogens (primary N) is 1. The van der Waals surface area contributed by atoms with Crippen LogP contribution in [0.2, 0.25) is 0 Å². The lowest BCUT2D eigenvalue weighted by atomic mass is 10.1. The average Bonchev–Trinajstić information content (AvgIpc) is 2.04. The second-order valence-corrected chi connectivity index (χ2v) is 3.23. The highest BCUT2D eigenvalue weighted by Gasteiger charge is 2.07. The van der Waals surface area contributed by atoms with Crippen molar-refractivity contribution < 1.29 is 5.11 Å². The Kier molecular flexibility index (Phi) is 3.69. The molecule has 13 heavy (non-hydrogen) atoms. The molecule has 1 rings (SSSR count). The molecule has 3 heteroatoms. The van der Waals surface area contributed by atoms with Crippen molar-refractivity contribution in [2.75, 3.05) is 0 Å². The Bertz CT molecular complexity index is 236. The number of nitrogens with zero attached hydrogens (tertiary/aromatic N) is 1. The standard InChI is InChI=1S/C10H14N2O/c1-8(13)6-9(11)7-10-4-2-3-5-12-10/h4-5,8-9,13H,6-7,11H2,1H3/t8-,9-/m1/s1. The number of aromatic nitrogens is 1. The molecule has 0 aliphatic rings. The Morgan fingerprint density at radius 3 is 2.92 bits per heavy atom. The summed E-state index contributed by atoms with van der Waals surface area (Å²) in [5.74, 6) is 0. The van der Waals surface area contributed by atoms with Gasteiger partial charge in [-0.3, -0.25) is 4.98 Å². The van der Waals surface area contributed by atoms with Crippen LogP contribution in [0.4, 0.5) is 0 Å². The van der Waals surface area contributed by atoms with Crippen molar-refractivity contribution in [1.82, 2.24) is 4.98 Å². The van der Waals surface area contributed by atoms with Crippen LogP contribution < -0.4 is 5.73 Å². The smallest absolute Gasteiger partial charge is 0.0773 e. The van der Waals surface area contributed by atoms with E-state index in [9.17, 15) is 0 Å². The lowest BCUT2D eigenvalue weighted by molar-refractivity contribution is 0.174. The van der Waals surface area contributed by atoms with Crippen molar-refractivity contribution in [1.29, 1.82) is 0 Å². The molecule has 2 atom stereocenters. The quantitative estimate of drug-likeness (QED) is 0.698. The Morgan fingerprint density at radius 2 is 2.38 bits per heavy atom. The van der Waals surface area contributed by atoms with E-state index in [1.807, 2.05) is 0 Å². The fourth-order valence-electron chi connectivity index (χ4n) is 1.22. The first-order valence-electron chi connectivity index (χ1n) is 4.35. The van der Waals surface area contributed by atoms with Gasteiger partial charge < -0.3 is 10.8 Å². The third-order valence-corrected chi connectivity index (χ3v) is 1.73. The third kappa shape index (κ3) is 3.88. The molecule has 0 saturated heterocycles. The highest BCUT2D eigenvalue weighted by atomic mass is 16.3. The summed E-state index contributed by atoms with van der Waals surface area (Å²) in [6.45, 7) is 1.73. The van der Waals surface area contributed by atoms with Crippen LogP contribution in [0.3, 0.4) is 0 Å². The van der Waals surface area contributed by atoms with E-state index in [0.29, 0.717) is 12.8 Å². The molecular weight excluding hydrogens is 164 g/mol. The second-order valence-electron chi connectivity index (χ2n) is 3.23. The predicted molar refractivity (Wildman–Crippen MR) is 49.9 cm³/mol. The summed E-state index contributed by atoms with van der Waals surface area (Å²) in [7, 11) is 0. The maximum absolute atomic E-state index is 9.09. The van der Waals surface area contributed by atoms with E-state index < -0.39 is 0 Å². The number of aliphatic hydroxyl groups is 1. The number of rotatable bonds is 4. The molecule has 3 N–H and O–H groups in total. The van der Waals surface area contributed by atoms with Gasteiger partial charge in [-0.2, -0.15) is 0 Å². The van der Waals surface area contributed by atoms with Crippen molar-refractivity contribution in [3.8, 4) is 0 Å². The van der Waals surface area contributed by atoms with Gasteiger partial charge in [0.15, 0.2) is 0 Å². The fraction of sp³-hybridized carbons (Fsp3) is 0.500. The van der Waals surface area contributed by atoms with Crippen molar-refractivity contribution in [2.45, 2.75) is 31.9 Å². The first-order valence-corrected chi connectivity index (χ1v) is 4.35. The van der Waals surface area contributed by atoms with Crippen molar-refractivity contribution in [3.63, 3.8) is 0 Å². The molecule has 0 aromatic carbocycles. The molecule has 0 aliphatic heterocycles. The van der Waals surface area contributed by atoms with Crippen LogP contribution in [0.15, 0.2) is 12.3 Å². The van der Waals surface area contributed by atoms with Gasteiger partial charge >= 0.3 is 0 Å². The minimum atomic E-state index is -0.353. The van der Waals surface area contributed by atoms with E-state index in [1.54, 1.807) is 19.2 Å². The summed E-state index contributed by atoms with van der Waals surface area (Å²) in [6, 6.07) is 7.26. The van der Waals surface area contributed by atoms with Gasteiger partial charge in [-0.15, -0.1) is 0 Å². The lowest BCUT2D eigenvalue weighted by Gasteiger charge is -2.11. The van der Waals surface area contributed by atoms with Crippen LogP contribution in [-0.2, 0) is 6.42 Å². The summed E-state index contributed by atoms with van der Waals surface area (Å²) < 4.78 is 0. The van der Waals surface area contributed by atoms with Gasteiger partial charge in [0.1, 0.15) is 0 Å². The second kappa shape index (κ2) is 4.80. The van der Waals surface area contributed by atoms with E-state index >= 15 is 0 Å². The molecular formula is C10H14N2O. The Labute approximate surface area is 78.6 Å². The van der Waals surface area contributed by atoms with Gasteiger partial charge in [0, 0.05) is 18.5 Å². The third-order valence-electron chi connectivity index (χ3n) is 1.73. The van der Waals surface area contributed by atoms with Crippen LogP contribution in [0.1, 0.15) is 19.0 Å². The van der Waals surface area contributed by atoms with Gasteiger partial charge in [0.2, 0.25) is 0 Å². The molecule has 0 fully saturated rings. The molecule has 0 radical (unpaired) electrons. The van der Waals surface area contributed by atoms with Crippen molar-refractivity contribution in [3.05, 3.63) is 30.1 Å². The zero-order chi connectivity index (χ0) is 9.68. The molecule has 0 spiro atoms. The van der Waals surface area contributed by atoms with Crippen molar-refractivity contribution in [2.24, 2.45) is 5.73 Å². The minimum Gasteiger partial charge on any atom is -0.393 e. The molecule has 0 unspecified atom stereocenters. The van der Waals surface area contributed by atoms with Gasteiger partial charge in [0.25, 0.3) is 0 Å². The lowest BCUT2D eigenvalue weighted by Crippen LogP contribution is -2.27. The van der Waals surface area contributed by atoms with Crippen LogP contribution in [0, 0.1) is 12.1 Å². The highest BCUT2D eigenvalue weighted by molar-refractivity contribution is 4.99. The molecule has 70 valence electrons. The van der Waals surface area contributed by atoms with Gasteiger partial charge in [-0.1, -0.05) is 12.1 Å². The summed E-state index contributed by atoms with van der Waals surface area (Å²) in [5.41, 5.74) is 6.68.